The third-order valence-corrected chi connectivity index (χ3v) is 5.89. The van der Waals surface area contributed by atoms with Crippen LogP contribution < -0.4 is 5.73 Å². The minimum absolute atomic E-state index is 0.0234. The number of likely N-dealkylation sites (tertiary alicyclic amines) is 1. The molecule has 1 atom stereocenters. The highest BCUT2D eigenvalue weighted by Crippen LogP contribution is 2.29. The number of nitrogens with zero attached hydrogens (tertiary/aromatic N) is 4. The molecule has 1 fully saturated rings. The first kappa shape index (κ1) is 18.5. The first-order valence-electron chi connectivity index (χ1n) is 9.07. The van der Waals surface area contributed by atoms with Crippen molar-refractivity contribution in [1.29, 1.82) is 0 Å². The van der Waals surface area contributed by atoms with Crippen LogP contribution in [0, 0.1) is 12.7 Å². The molecule has 28 heavy (non-hydrogen) atoms. The van der Waals surface area contributed by atoms with Crippen LogP contribution in [0.15, 0.2) is 36.7 Å². The molecule has 8 heteroatoms. The number of nitrogens with two attached hydrogens (primary N) is 1. The van der Waals surface area contributed by atoms with Gasteiger partial charge < -0.3 is 10.6 Å². The fourth-order valence-electron chi connectivity index (χ4n) is 3.35. The summed E-state index contributed by atoms with van der Waals surface area (Å²) in [5.74, 6) is 0.111. The van der Waals surface area contributed by atoms with E-state index in [0.29, 0.717) is 30.3 Å². The summed E-state index contributed by atoms with van der Waals surface area (Å²) in [4.78, 5) is 29.5. The lowest BCUT2D eigenvalue weighted by Crippen LogP contribution is -2.30. The van der Waals surface area contributed by atoms with Gasteiger partial charge in [0.2, 0.25) is 5.91 Å². The number of rotatable bonds is 4. The summed E-state index contributed by atoms with van der Waals surface area (Å²) in [5, 5.41) is 0. The maximum absolute atomic E-state index is 13.0. The third kappa shape index (κ3) is 3.87. The molecule has 0 spiro atoms. The van der Waals surface area contributed by atoms with Gasteiger partial charge in [-0.05, 0) is 37.6 Å². The van der Waals surface area contributed by atoms with Crippen LogP contribution in [-0.2, 0) is 11.2 Å². The summed E-state index contributed by atoms with van der Waals surface area (Å²) in [6.07, 6.45) is 3.24. The molecule has 1 aliphatic rings. The molecule has 4 rings (SSSR count). The van der Waals surface area contributed by atoms with Gasteiger partial charge in [-0.1, -0.05) is 0 Å². The molecule has 0 aliphatic carbocycles. The smallest absolute Gasteiger partial charge is 0.228 e. The average Bonchev–Trinajstić information content (AvgIpc) is 3.34. The Morgan fingerprint density at radius 1 is 1.29 bits per heavy atom. The van der Waals surface area contributed by atoms with Crippen molar-refractivity contribution in [2.75, 3.05) is 18.8 Å². The van der Waals surface area contributed by atoms with E-state index in [0.717, 1.165) is 29.4 Å². The zero-order chi connectivity index (χ0) is 19.7. The summed E-state index contributed by atoms with van der Waals surface area (Å²) in [6, 6.07) is 7.76. The summed E-state index contributed by atoms with van der Waals surface area (Å²) in [5.41, 5.74) is 8.00. The number of anilines is 1. The molecule has 1 unspecified atom stereocenters. The molecular weight excluding hydrogens is 377 g/mol. The van der Waals surface area contributed by atoms with E-state index in [1.54, 1.807) is 22.3 Å². The number of carbonyl (C=O) groups is 1. The molecular formula is C20H20FN5OS. The lowest BCUT2D eigenvalue weighted by molar-refractivity contribution is -0.129. The van der Waals surface area contributed by atoms with Gasteiger partial charge in [0.25, 0.3) is 0 Å². The van der Waals surface area contributed by atoms with Gasteiger partial charge >= 0.3 is 0 Å². The average molecular weight is 397 g/mol. The lowest BCUT2D eigenvalue weighted by Gasteiger charge is -2.17. The first-order chi connectivity index (χ1) is 13.5. The van der Waals surface area contributed by atoms with Crippen molar-refractivity contribution in [3.8, 4) is 10.6 Å². The minimum Gasteiger partial charge on any atom is -0.397 e. The number of halogens is 1. The zero-order valence-corrected chi connectivity index (χ0v) is 16.2. The number of hydrogen-bond donors (Lipinski definition) is 1. The first-order valence-corrected chi connectivity index (χ1v) is 9.88. The van der Waals surface area contributed by atoms with Gasteiger partial charge in [0.1, 0.15) is 5.82 Å². The van der Waals surface area contributed by atoms with Crippen molar-refractivity contribution in [3.05, 3.63) is 58.9 Å². The normalized spacial score (nSPS) is 16.5. The van der Waals surface area contributed by atoms with E-state index < -0.39 is 5.82 Å². The Balaban J connectivity index is 1.46. The highest BCUT2D eigenvalue weighted by Gasteiger charge is 2.29. The topological polar surface area (TPSA) is 85.0 Å². The monoisotopic (exact) mass is 397 g/mol. The van der Waals surface area contributed by atoms with E-state index in [2.05, 4.69) is 15.0 Å². The Hall–Kier alpha value is -2.87. The molecule has 0 aromatic carbocycles. The van der Waals surface area contributed by atoms with E-state index in [1.807, 2.05) is 25.1 Å². The number of carbonyl (C=O) groups excluding carboxylic acids is 1. The van der Waals surface area contributed by atoms with Gasteiger partial charge in [-0.2, -0.15) is 0 Å². The summed E-state index contributed by atoms with van der Waals surface area (Å²) in [6.45, 7) is 3.19. The van der Waals surface area contributed by atoms with Crippen molar-refractivity contribution in [3.63, 3.8) is 0 Å². The van der Waals surface area contributed by atoms with Gasteiger partial charge in [-0.25, -0.2) is 19.3 Å². The molecule has 3 aromatic heterocycles. The predicted octanol–water partition coefficient (Wildman–Crippen LogP) is 3.19. The maximum atomic E-state index is 13.0. The standard InChI is InChI=1S/C20H20FN5OS/c1-12-2-5-18(28-12)16-4-3-15(22)17(25-16)8-19(27)26-7-6-13(11-26)20-23-9-14(21)10-24-20/h2-5,9-10,13H,6-8,11,22H2,1H3. The fraction of sp³-hybridized carbons (Fsp3) is 0.300. The Kier molecular flexibility index (Phi) is 5.04. The SMILES string of the molecule is Cc1ccc(-c2ccc(N)c(CC(=O)N3CCC(c4ncc(F)cn4)C3)n2)s1. The zero-order valence-electron chi connectivity index (χ0n) is 15.4. The second kappa shape index (κ2) is 7.63. The molecule has 1 saturated heterocycles. The van der Waals surface area contributed by atoms with Crippen LogP contribution in [0.5, 0.6) is 0 Å². The number of aryl methyl sites for hydroxylation is 1. The Morgan fingerprint density at radius 3 is 2.79 bits per heavy atom. The number of thiophene rings is 1. The Morgan fingerprint density at radius 2 is 2.07 bits per heavy atom. The predicted molar refractivity (Wildman–Crippen MR) is 106 cm³/mol. The lowest BCUT2D eigenvalue weighted by atomic mass is 10.1. The van der Waals surface area contributed by atoms with Crippen LogP contribution in [0.1, 0.15) is 28.7 Å². The van der Waals surface area contributed by atoms with E-state index >= 15 is 0 Å². The highest BCUT2D eigenvalue weighted by molar-refractivity contribution is 7.15. The maximum Gasteiger partial charge on any atom is 0.228 e. The van der Waals surface area contributed by atoms with E-state index in [1.165, 1.54) is 4.88 Å². The number of hydrogen-bond acceptors (Lipinski definition) is 6. The molecule has 144 valence electrons. The van der Waals surface area contributed by atoms with Gasteiger partial charge in [0.05, 0.1) is 40.8 Å². The second-order valence-electron chi connectivity index (χ2n) is 6.90. The van der Waals surface area contributed by atoms with Crippen LogP contribution in [0.3, 0.4) is 0 Å². The fourth-order valence-corrected chi connectivity index (χ4v) is 4.19. The molecule has 6 nitrogen and oxygen atoms in total. The van der Waals surface area contributed by atoms with E-state index in [4.69, 9.17) is 5.73 Å². The second-order valence-corrected chi connectivity index (χ2v) is 8.19. The summed E-state index contributed by atoms with van der Waals surface area (Å²) in [7, 11) is 0. The van der Waals surface area contributed by atoms with Crippen molar-refractivity contribution >= 4 is 22.9 Å². The van der Waals surface area contributed by atoms with Crippen LogP contribution in [0.4, 0.5) is 10.1 Å². The van der Waals surface area contributed by atoms with Crippen LogP contribution in [0.25, 0.3) is 10.6 Å². The largest absolute Gasteiger partial charge is 0.397 e. The van der Waals surface area contributed by atoms with Crippen molar-refractivity contribution in [1.82, 2.24) is 19.9 Å². The van der Waals surface area contributed by atoms with Gasteiger partial charge in [0, 0.05) is 23.9 Å². The van der Waals surface area contributed by atoms with Crippen molar-refractivity contribution in [2.45, 2.75) is 25.7 Å². The van der Waals surface area contributed by atoms with Crippen LogP contribution in [0.2, 0.25) is 0 Å². The minimum atomic E-state index is -0.461. The number of nitrogen functional groups attached to an aromatic ring is 1. The Labute approximate surface area is 166 Å². The van der Waals surface area contributed by atoms with Crippen LogP contribution in [-0.4, -0.2) is 38.8 Å². The summed E-state index contributed by atoms with van der Waals surface area (Å²) >= 11 is 1.66. The van der Waals surface area contributed by atoms with E-state index in [9.17, 15) is 9.18 Å². The number of aromatic nitrogens is 3. The Bertz CT molecular complexity index is 1000. The van der Waals surface area contributed by atoms with Gasteiger partial charge in [-0.3, -0.25) is 4.79 Å². The van der Waals surface area contributed by atoms with E-state index in [-0.39, 0.29) is 18.2 Å². The quantitative estimate of drug-likeness (QED) is 0.731. The molecule has 0 bridgehead atoms. The molecule has 1 amide bonds. The highest BCUT2D eigenvalue weighted by atomic mass is 32.1. The number of pyridine rings is 1. The van der Waals surface area contributed by atoms with Crippen molar-refractivity contribution < 1.29 is 9.18 Å². The molecule has 0 radical (unpaired) electrons. The molecule has 4 heterocycles. The number of amides is 1. The van der Waals surface area contributed by atoms with Crippen molar-refractivity contribution in [2.24, 2.45) is 0 Å². The molecule has 1 aliphatic heterocycles. The third-order valence-electron chi connectivity index (χ3n) is 4.87. The molecule has 3 aromatic rings. The van der Waals surface area contributed by atoms with Gasteiger partial charge in [0.15, 0.2) is 5.82 Å². The molecule has 2 N–H and O–H groups in total. The summed E-state index contributed by atoms with van der Waals surface area (Å²) < 4.78 is 13.0. The van der Waals surface area contributed by atoms with Gasteiger partial charge in [-0.15, -0.1) is 11.3 Å². The molecule has 0 saturated carbocycles. The van der Waals surface area contributed by atoms with Crippen LogP contribution >= 0.6 is 11.3 Å².